The lowest BCUT2D eigenvalue weighted by Gasteiger charge is -2.23. The fourth-order valence-electron chi connectivity index (χ4n) is 1.97. The van der Waals surface area contributed by atoms with E-state index < -0.39 is 11.9 Å². The summed E-state index contributed by atoms with van der Waals surface area (Å²) < 4.78 is 26.2. The summed E-state index contributed by atoms with van der Waals surface area (Å²) in [5.41, 5.74) is 1.93. The molecule has 1 atom stereocenters. The van der Waals surface area contributed by atoms with Crippen LogP contribution in [-0.2, 0) is 0 Å². The number of anilines is 2. The van der Waals surface area contributed by atoms with E-state index in [0.717, 1.165) is 5.69 Å². The minimum absolute atomic E-state index is 0.313. The van der Waals surface area contributed by atoms with Crippen molar-refractivity contribution in [2.24, 2.45) is 0 Å². The number of rotatable bonds is 3. The Balaban J connectivity index is 2.43. The number of hydrogen-bond donors (Lipinski definition) is 1. The second-order valence-corrected chi connectivity index (χ2v) is 4.41. The van der Waals surface area contributed by atoms with Crippen molar-refractivity contribution < 1.29 is 13.9 Å². The molecule has 0 aromatic heterocycles. The van der Waals surface area contributed by atoms with Crippen molar-refractivity contribution >= 4 is 11.4 Å². The standard InChI is InChI=1S/C15H15F2NO/c1-10(19)14-9-12(17)5-8-15(14)18(2)13-6-3-11(16)4-7-13/h3-10,19H,1-2H3/t10-/m0/s1. The van der Waals surface area contributed by atoms with Crippen LogP contribution < -0.4 is 4.90 Å². The summed E-state index contributed by atoms with van der Waals surface area (Å²) in [6.45, 7) is 1.58. The van der Waals surface area contributed by atoms with Crippen LogP contribution in [0.15, 0.2) is 42.5 Å². The Bertz CT molecular complexity index is 567. The minimum Gasteiger partial charge on any atom is -0.389 e. The van der Waals surface area contributed by atoms with Crippen LogP contribution in [0.1, 0.15) is 18.6 Å². The van der Waals surface area contributed by atoms with Gasteiger partial charge in [-0.25, -0.2) is 8.78 Å². The molecule has 19 heavy (non-hydrogen) atoms. The Labute approximate surface area is 110 Å². The van der Waals surface area contributed by atoms with E-state index in [0.29, 0.717) is 11.3 Å². The number of halogens is 2. The topological polar surface area (TPSA) is 23.5 Å². The molecule has 0 aliphatic rings. The maximum Gasteiger partial charge on any atom is 0.123 e. The van der Waals surface area contributed by atoms with E-state index in [9.17, 15) is 13.9 Å². The van der Waals surface area contributed by atoms with Crippen molar-refractivity contribution in [1.29, 1.82) is 0 Å². The summed E-state index contributed by atoms with van der Waals surface area (Å²) in [5.74, 6) is -0.709. The molecule has 0 aliphatic carbocycles. The molecule has 2 rings (SSSR count). The number of nitrogens with zero attached hydrogens (tertiary/aromatic N) is 1. The zero-order chi connectivity index (χ0) is 14.0. The Hall–Kier alpha value is -1.94. The molecule has 0 amide bonds. The first-order chi connectivity index (χ1) is 8.99. The van der Waals surface area contributed by atoms with Gasteiger partial charge >= 0.3 is 0 Å². The van der Waals surface area contributed by atoms with E-state index in [2.05, 4.69) is 0 Å². The highest BCUT2D eigenvalue weighted by atomic mass is 19.1. The summed E-state index contributed by atoms with van der Waals surface area (Å²) in [7, 11) is 1.78. The van der Waals surface area contributed by atoms with E-state index >= 15 is 0 Å². The van der Waals surface area contributed by atoms with Crippen LogP contribution in [-0.4, -0.2) is 12.2 Å². The predicted octanol–water partition coefficient (Wildman–Crippen LogP) is 3.79. The van der Waals surface area contributed by atoms with E-state index in [1.54, 1.807) is 37.1 Å². The number of benzene rings is 2. The lowest BCUT2D eigenvalue weighted by atomic mass is 10.1. The fourth-order valence-corrected chi connectivity index (χ4v) is 1.97. The van der Waals surface area contributed by atoms with Crippen molar-refractivity contribution in [2.45, 2.75) is 13.0 Å². The largest absolute Gasteiger partial charge is 0.389 e. The third-order valence-electron chi connectivity index (χ3n) is 3.01. The first-order valence-corrected chi connectivity index (χ1v) is 5.96. The zero-order valence-corrected chi connectivity index (χ0v) is 10.8. The normalized spacial score (nSPS) is 12.3. The van der Waals surface area contributed by atoms with E-state index in [1.807, 2.05) is 0 Å². The lowest BCUT2D eigenvalue weighted by Crippen LogP contribution is -2.13. The molecule has 0 heterocycles. The van der Waals surface area contributed by atoms with E-state index in [-0.39, 0.29) is 5.82 Å². The van der Waals surface area contributed by atoms with Crippen molar-refractivity contribution in [2.75, 3.05) is 11.9 Å². The maximum atomic E-state index is 13.2. The number of hydrogen-bond acceptors (Lipinski definition) is 2. The monoisotopic (exact) mass is 263 g/mol. The molecule has 100 valence electrons. The van der Waals surface area contributed by atoms with Crippen LogP contribution in [0.3, 0.4) is 0 Å². The SMILES string of the molecule is C[C@H](O)c1cc(F)ccc1N(C)c1ccc(F)cc1. The highest BCUT2D eigenvalue weighted by Crippen LogP contribution is 2.31. The molecule has 4 heteroatoms. The summed E-state index contributed by atoms with van der Waals surface area (Å²) in [6, 6.07) is 10.2. The van der Waals surface area contributed by atoms with E-state index in [4.69, 9.17) is 0 Å². The molecule has 1 N–H and O–H groups in total. The molecule has 0 spiro atoms. The van der Waals surface area contributed by atoms with Crippen LogP contribution in [0, 0.1) is 11.6 Å². The van der Waals surface area contributed by atoms with Crippen LogP contribution in [0.4, 0.5) is 20.2 Å². The smallest absolute Gasteiger partial charge is 0.123 e. The van der Waals surface area contributed by atoms with Gasteiger partial charge in [-0.2, -0.15) is 0 Å². The third-order valence-corrected chi connectivity index (χ3v) is 3.01. The van der Waals surface area contributed by atoms with Crippen LogP contribution in [0.2, 0.25) is 0 Å². The minimum atomic E-state index is -0.784. The molecule has 2 nitrogen and oxygen atoms in total. The average Bonchev–Trinajstić information content (AvgIpc) is 2.38. The third kappa shape index (κ3) is 2.90. The van der Waals surface area contributed by atoms with Gasteiger partial charge in [0.15, 0.2) is 0 Å². The molecule has 0 bridgehead atoms. The van der Waals surface area contributed by atoms with Gasteiger partial charge in [-0.1, -0.05) is 0 Å². The van der Waals surface area contributed by atoms with Gasteiger partial charge in [0.25, 0.3) is 0 Å². The van der Waals surface area contributed by atoms with Crippen LogP contribution >= 0.6 is 0 Å². The molecule has 0 fully saturated rings. The van der Waals surface area contributed by atoms with Gasteiger partial charge in [0, 0.05) is 24.0 Å². The summed E-state index contributed by atoms with van der Waals surface area (Å²) in [5, 5.41) is 9.72. The maximum absolute atomic E-state index is 13.2. The van der Waals surface area contributed by atoms with Crippen molar-refractivity contribution in [3.63, 3.8) is 0 Å². The first kappa shape index (κ1) is 13.5. The Morgan fingerprint density at radius 2 is 1.58 bits per heavy atom. The van der Waals surface area contributed by atoms with Gasteiger partial charge in [-0.15, -0.1) is 0 Å². The van der Waals surface area contributed by atoms with Crippen molar-refractivity contribution in [1.82, 2.24) is 0 Å². The van der Waals surface area contributed by atoms with Gasteiger partial charge in [0.2, 0.25) is 0 Å². The first-order valence-electron chi connectivity index (χ1n) is 5.96. The van der Waals surface area contributed by atoms with E-state index in [1.165, 1.54) is 24.3 Å². The summed E-state index contributed by atoms with van der Waals surface area (Å²) in [6.07, 6.45) is -0.784. The molecular formula is C15H15F2NO. The fraction of sp³-hybridized carbons (Fsp3) is 0.200. The zero-order valence-electron chi connectivity index (χ0n) is 10.8. The van der Waals surface area contributed by atoms with Crippen LogP contribution in [0.25, 0.3) is 0 Å². The molecule has 0 aliphatic heterocycles. The Morgan fingerprint density at radius 3 is 2.16 bits per heavy atom. The molecule has 0 unspecified atom stereocenters. The molecular weight excluding hydrogens is 248 g/mol. The number of aliphatic hydroxyl groups is 1. The van der Waals surface area contributed by atoms with Gasteiger partial charge in [-0.05, 0) is 49.4 Å². The Kier molecular flexibility index (Phi) is 3.81. The summed E-state index contributed by atoms with van der Waals surface area (Å²) in [4.78, 5) is 1.78. The molecule has 0 saturated heterocycles. The molecule has 2 aromatic rings. The molecule has 0 radical (unpaired) electrons. The van der Waals surface area contributed by atoms with Crippen molar-refractivity contribution in [3.05, 3.63) is 59.7 Å². The predicted molar refractivity (Wildman–Crippen MR) is 71.5 cm³/mol. The Morgan fingerprint density at radius 1 is 1.00 bits per heavy atom. The second kappa shape index (κ2) is 5.36. The number of aliphatic hydroxyl groups excluding tert-OH is 1. The van der Waals surface area contributed by atoms with Gasteiger partial charge < -0.3 is 10.0 Å². The van der Waals surface area contributed by atoms with Gasteiger partial charge in [0.05, 0.1) is 6.10 Å². The van der Waals surface area contributed by atoms with Crippen molar-refractivity contribution in [3.8, 4) is 0 Å². The lowest BCUT2D eigenvalue weighted by molar-refractivity contribution is 0.199. The van der Waals surface area contributed by atoms with Crippen LogP contribution in [0.5, 0.6) is 0 Å². The van der Waals surface area contributed by atoms with Gasteiger partial charge in [0.1, 0.15) is 11.6 Å². The highest BCUT2D eigenvalue weighted by Gasteiger charge is 2.14. The summed E-state index contributed by atoms with van der Waals surface area (Å²) >= 11 is 0. The second-order valence-electron chi connectivity index (χ2n) is 4.41. The quantitative estimate of drug-likeness (QED) is 0.910. The molecule has 0 saturated carbocycles. The van der Waals surface area contributed by atoms with Gasteiger partial charge in [-0.3, -0.25) is 0 Å². The highest BCUT2D eigenvalue weighted by molar-refractivity contribution is 5.66. The average molecular weight is 263 g/mol. The molecule has 2 aromatic carbocycles.